The van der Waals surface area contributed by atoms with Gasteiger partial charge in [-0.25, -0.2) is 0 Å². The van der Waals surface area contributed by atoms with E-state index in [9.17, 15) is 9.59 Å². The van der Waals surface area contributed by atoms with E-state index in [0.29, 0.717) is 23.2 Å². The van der Waals surface area contributed by atoms with Gasteiger partial charge in [-0.2, -0.15) is 5.10 Å². The molecule has 0 saturated carbocycles. The fourth-order valence-electron chi connectivity index (χ4n) is 2.90. The number of hydrogen-bond donors (Lipinski definition) is 1. The molecular weight excluding hydrogens is 338 g/mol. The fourth-order valence-corrected chi connectivity index (χ4v) is 2.90. The highest BCUT2D eigenvalue weighted by molar-refractivity contribution is 6.15. The molecule has 0 bridgehead atoms. The van der Waals surface area contributed by atoms with Crippen LogP contribution in [0.4, 0.5) is 0 Å². The molecular formula is C22H23N3O2. The van der Waals surface area contributed by atoms with Gasteiger partial charge in [0.25, 0.3) is 5.91 Å². The molecule has 0 spiro atoms. The maximum absolute atomic E-state index is 12.8. The van der Waals surface area contributed by atoms with E-state index >= 15 is 0 Å². The maximum Gasteiger partial charge on any atom is 0.252 e. The molecule has 0 radical (unpaired) electrons. The van der Waals surface area contributed by atoms with Gasteiger partial charge < -0.3 is 5.32 Å². The number of ketones is 1. The normalized spacial score (nSPS) is 10.6. The van der Waals surface area contributed by atoms with Crippen molar-refractivity contribution in [1.82, 2.24) is 15.1 Å². The number of amides is 1. The minimum absolute atomic E-state index is 0.145. The smallest absolute Gasteiger partial charge is 0.252 e. The highest BCUT2D eigenvalue weighted by Crippen LogP contribution is 2.15. The predicted octanol–water partition coefficient (Wildman–Crippen LogP) is 3.55. The third-order valence-corrected chi connectivity index (χ3v) is 4.49. The Morgan fingerprint density at radius 3 is 2.33 bits per heavy atom. The topological polar surface area (TPSA) is 64.0 Å². The van der Waals surface area contributed by atoms with Crippen LogP contribution in [0, 0.1) is 13.8 Å². The van der Waals surface area contributed by atoms with Crippen LogP contribution in [0.25, 0.3) is 0 Å². The summed E-state index contributed by atoms with van der Waals surface area (Å²) in [7, 11) is 0. The van der Waals surface area contributed by atoms with Gasteiger partial charge in [-0.1, -0.05) is 48.0 Å². The quantitative estimate of drug-likeness (QED) is 0.517. The van der Waals surface area contributed by atoms with E-state index in [4.69, 9.17) is 0 Å². The highest BCUT2D eigenvalue weighted by atomic mass is 16.2. The van der Waals surface area contributed by atoms with Crippen molar-refractivity contribution in [3.63, 3.8) is 0 Å². The average molecular weight is 361 g/mol. The lowest BCUT2D eigenvalue weighted by atomic mass is 9.97. The van der Waals surface area contributed by atoms with Crippen LogP contribution in [-0.4, -0.2) is 28.0 Å². The predicted molar refractivity (Wildman–Crippen MR) is 105 cm³/mol. The van der Waals surface area contributed by atoms with Crippen LogP contribution in [0.2, 0.25) is 0 Å². The summed E-state index contributed by atoms with van der Waals surface area (Å²) in [5.41, 5.74) is 3.58. The van der Waals surface area contributed by atoms with Crippen LogP contribution < -0.4 is 5.32 Å². The second kappa shape index (κ2) is 8.45. The number of benzene rings is 2. The van der Waals surface area contributed by atoms with Crippen LogP contribution in [0.3, 0.4) is 0 Å². The number of nitrogens with one attached hydrogen (secondary N) is 1. The third-order valence-electron chi connectivity index (χ3n) is 4.49. The number of rotatable bonds is 7. The zero-order valence-corrected chi connectivity index (χ0v) is 15.6. The first-order chi connectivity index (χ1) is 13.1. The molecule has 1 N–H and O–H groups in total. The van der Waals surface area contributed by atoms with Crippen molar-refractivity contribution in [2.45, 2.75) is 26.8 Å². The average Bonchev–Trinajstić information content (AvgIpc) is 3.10. The molecule has 1 aromatic heterocycles. The molecule has 1 heterocycles. The van der Waals surface area contributed by atoms with Gasteiger partial charge in [-0.3, -0.25) is 14.3 Å². The Hall–Kier alpha value is -3.21. The lowest BCUT2D eigenvalue weighted by Crippen LogP contribution is -2.27. The largest absolute Gasteiger partial charge is 0.352 e. The van der Waals surface area contributed by atoms with E-state index in [1.807, 2.05) is 36.7 Å². The second-order valence-corrected chi connectivity index (χ2v) is 6.55. The van der Waals surface area contributed by atoms with Crippen molar-refractivity contribution in [3.8, 4) is 0 Å². The lowest BCUT2D eigenvalue weighted by molar-refractivity contribution is 0.0941. The molecule has 0 aliphatic rings. The Balaban J connectivity index is 1.65. The van der Waals surface area contributed by atoms with Crippen LogP contribution in [-0.2, 0) is 6.54 Å². The molecule has 3 rings (SSSR count). The molecule has 0 aliphatic heterocycles. The Labute approximate surface area is 159 Å². The minimum atomic E-state index is -0.233. The third kappa shape index (κ3) is 4.50. The van der Waals surface area contributed by atoms with E-state index in [-0.39, 0.29) is 11.7 Å². The fraction of sp³-hybridized carbons (Fsp3) is 0.227. The first kappa shape index (κ1) is 18.6. The van der Waals surface area contributed by atoms with Crippen molar-refractivity contribution in [2.24, 2.45) is 0 Å². The van der Waals surface area contributed by atoms with E-state index in [1.54, 1.807) is 42.6 Å². The molecule has 0 atom stereocenters. The number of aromatic nitrogens is 2. The number of nitrogens with zero attached hydrogens (tertiary/aromatic N) is 2. The summed E-state index contributed by atoms with van der Waals surface area (Å²) in [5, 5.41) is 7.13. The molecule has 0 aliphatic carbocycles. The minimum Gasteiger partial charge on any atom is -0.352 e. The first-order valence-corrected chi connectivity index (χ1v) is 9.03. The molecule has 138 valence electrons. The summed E-state index contributed by atoms with van der Waals surface area (Å²) in [6.45, 7) is 5.23. The summed E-state index contributed by atoms with van der Waals surface area (Å²) in [6.07, 6.45) is 2.53. The van der Waals surface area contributed by atoms with Gasteiger partial charge in [0.05, 0.1) is 5.56 Å². The van der Waals surface area contributed by atoms with Crippen molar-refractivity contribution in [2.75, 3.05) is 6.54 Å². The van der Waals surface area contributed by atoms with E-state index in [0.717, 1.165) is 24.2 Å². The van der Waals surface area contributed by atoms with Crippen LogP contribution in [0.1, 0.15) is 44.0 Å². The summed E-state index contributed by atoms with van der Waals surface area (Å²) < 4.78 is 1.90. The number of aryl methyl sites for hydroxylation is 3. The second-order valence-electron chi connectivity index (χ2n) is 6.55. The Morgan fingerprint density at radius 1 is 0.963 bits per heavy atom. The van der Waals surface area contributed by atoms with Crippen molar-refractivity contribution in [1.29, 1.82) is 0 Å². The van der Waals surface area contributed by atoms with Crippen molar-refractivity contribution < 1.29 is 9.59 Å². The Bertz CT molecular complexity index is 942. The van der Waals surface area contributed by atoms with Gasteiger partial charge in [-0.05, 0) is 32.4 Å². The van der Waals surface area contributed by atoms with Gasteiger partial charge in [0.15, 0.2) is 5.78 Å². The van der Waals surface area contributed by atoms with Gasteiger partial charge in [0.2, 0.25) is 0 Å². The van der Waals surface area contributed by atoms with Crippen LogP contribution in [0.15, 0.2) is 60.8 Å². The Kier molecular flexibility index (Phi) is 5.81. The van der Waals surface area contributed by atoms with Gasteiger partial charge >= 0.3 is 0 Å². The summed E-state index contributed by atoms with van der Waals surface area (Å²) in [4.78, 5) is 25.4. The van der Waals surface area contributed by atoms with Gasteiger partial charge in [0, 0.05) is 36.1 Å². The maximum atomic E-state index is 12.8. The molecule has 5 heteroatoms. The number of hydrogen-bond acceptors (Lipinski definition) is 3. The van der Waals surface area contributed by atoms with Crippen LogP contribution in [0.5, 0.6) is 0 Å². The molecule has 0 unspecified atom stereocenters. The van der Waals surface area contributed by atoms with E-state index in [1.165, 1.54) is 0 Å². The highest BCUT2D eigenvalue weighted by Gasteiger charge is 2.17. The number of carbonyl (C=O) groups is 2. The first-order valence-electron chi connectivity index (χ1n) is 9.03. The zero-order valence-electron chi connectivity index (χ0n) is 15.6. The molecule has 0 fully saturated rings. The molecule has 0 saturated heterocycles. The SMILES string of the molecule is Cc1ccc(C(=O)c2ccccc2C(=O)NCCCn2nccc2C)cc1. The van der Waals surface area contributed by atoms with Crippen molar-refractivity contribution >= 4 is 11.7 Å². The molecule has 1 amide bonds. The molecule has 5 nitrogen and oxygen atoms in total. The van der Waals surface area contributed by atoms with Gasteiger partial charge in [-0.15, -0.1) is 0 Å². The zero-order chi connectivity index (χ0) is 19.2. The van der Waals surface area contributed by atoms with E-state index < -0.39 is 0 Å². The van der Waals surface area contributed by atoms with Crippen molar-refractivity contribution in [3.05, 3.63) is 88.7 Å². The molecule has 3 aromatic rings. The Morgan fingerprint density at radius 2 is 1.67 bits per heavy atom. The summed E-state index contributed by atoms with van der Waals surface area (Å²) in [6, 6.07) is 16.3. The summed E-state index contributed by atoms with van der Waals surface area (Å²) >= 11 is 0. The van der Waals surface area contributed by atoms with Gasteiger partial charge in [0.1, 0.15) is 0 Å². The van der Waals surface area contributed by atoms with Crippen LogP contribution >= 0.6 is 0 Å². The standard InChI is InChI=1S/C22H23N3O2/c1-16-8-10-18(11-9-16)21(26)19-6-3-4-7-20(19)22(27)23-13-5-15-25-17(2)12-14-24-25/h3-4,6-12,14H,5,13,15H2,1-2H3,(H,23,27). The lowest BCUT2D eigenvalue weighted by Gasteiger charge is -2.10. The van der Waals surface area contributed by atoms with E-state index in [2.05, 4.69) is 10.4 Å². The monoisotopic (exact) mass is 361 g/mol. The number of carbonyl (C=O) groups excluding carboxylic acids is 2. The molecule has 27 heavy (non-hydrogen) atoms. The molecule has 2 aromatic carbocycles. The summed E-state index contributed by atoms with van der Waals surface area (Å²) in [5.74, 6) is -0.379.